The number of methoxy groups -OCH3 is 2. The summed E-state index contributed by atoms with van der Waals surface area (Å²) in [7, 11) is 3.16. The summed E-state index contributed by atoms with van der Waals surface area (Å²) in [4.78, 5) is 28.2. The Morgan fingerprint density at radius 3 is 2.34 bits per heavy atom. The van der Waals surface area contributed by atoms with Crippen LogP contribution in [0.4, 0.5) is 9.18 Å². The normalized spacial score (nSPS) is 18.0. The highest BCUT2D eigenvalue weighted by atomic mass is 19.1. The lowest BCUT2D eigenvalue weighted by molar-refractivity contribution is -0.123. The number of hydrogen-bond acceptors (Lipinski definition) is 4. The molecule has 0 saturated heterocycles. The highest BCUT2D eigenvalue weighted by Crippen LogP contribution is 2.41. The lowest BCUT2D eigenvalue weighted by Crippen LogP contribution is -2.54. The second-order valence-electron chi connectivity index (χ2n) is 9.72. The van der Waals surface area contributed by atoms with Crippen molar-refractivity contribution in [3.63, 3.8) is 0 Å². The molecule has 8 heteroatoms. The van der Waals surface area contributed by atoms with Crippen molar-refractivity contribution in [2.75, 3.05) is 20.8 Å². The first kappa shape index (κ1) is 24.8. The van der Waals surface area contributed by atoms with Gasteiger partial charge in [-0.05, 0) is 72.6 Å². The maximum absolute atomic E-state index is 13.7. The van der Waals surface area contributed by atoms with Crippen molar-refractivity contribution < 1.29 is 23.5 Å². The fraction of sp³-hybridized carbons (Fsp3) is 0.481. The lowest BCUT2D eigenvalue weighted by atomic mass is 9.87. The van der Waals surface area contributed by atoms with Gasteiger partial charge in [-0.25, -0.2) is 9.18 Å². The third-order valence-corrected chi connectivity index (χ3v) is 6.57. The Morgan fingerprint density at radius 2 is 1.74 bits per heavy atom. The number of amides is 3. The highest BCUT2D eigenvalue weighted by molar-refractivity contribution is 5.87. The van der Waals surface area contributed by atoms with Crippen molar-refractivity contribution in [1.82, 2.24) is 15.5 Å². The minimum absolute atomic E-state index is 0.142. The average molecular weight is 484 g/mol. The Balaban J connectivity index is 1.67. The summed E-state index contributed by atoms with van der Waals surface area (Å²) in [5, 5.41) is 6.00. The number of hydrogen-bond donors (Lipinski definition) is 2. The number of carbonyl (C=O) groups is 2. The molecule has 0 spiro atoms. The summed E-state index contributed by atoms with van der Waals surface area (Å²) in [5.41, 5.74) is 2.70. The third-order valence-electron chi connectivity index (χ3n) is 6.57. The van der Waals surface area contributed by atoms with Crippen LogP contribution in [0.5, 0.6) is 11.5 Å². The molecule has 2 aromatic rings. The predicted molar refractivity (Wildman–Crippen MR) is 131 cm³/mol. The molecule has 2 aliphatic rings. The van der Waals surface area contributed by atoms with Crippen LogP contribution in [0.3, 0.4) is 0 Å². The molecule has 7 nitrogen and oxygen atoms in total. The summed E-state index contributed by atoms with van der Waals surface area (Å²) < 4.78 is 24.7. The number of carbonyl (C=O) groups excluding carboxylic acids is 2. The van der Waals surface area contributed by atoms with Crippen LogP contribution in [-0.4, -0.2) is 49.7 Å². The van der Waals surface area contributed by atoms with Gasteiger partial charge >= 0.3 is 6.03 Å². The molecule has 2 N–H and O–H groups in total. The van der Waals surface area contributed by atoms with Crippen molar-refractivity contribution in [2.45, 2.75) is 57.7 Å². The van der Waals surface area contributed by atoms with Gasteiger partial charge in [-0.15, -0.1) is 0 Å². The van der Waals surface area contributed by atoms with Crippen LogP contribution in [0.2, 0.25) is 0 Å². The Bertz CT molecular complexity index is 1070. The van der Waals surface area contributed by atoms with E-state index in [1.165, 1.54) is 12.1 Å². The Kier molecular flexibility index (Phi) is 7.48. The molecule has 2 atom stereocenters. The molecule has 1 heterocycles. The van der Waals surface area contributed by atoms with Gasteiger partial charge in [-0.2, -0.15) is 0 Å². The van der Waals surface area contributed by atoms with E-state index in [2.05, 4.69) is 10.6 Å². The van der Waals surface area contributed by atoms with Gasteiger partial charge in [0.15, 0.2) is 11.5 Å². The van der Waals surface area contributed by atoms with Gasteiger partial charge in [0.05, 0.1) is 20.3 Å². The smallest absolute Gasteiger partial charge is 0.318 e. The zero-order chi connectivity index (χ0) is 25.1. The van der Waals surface area contributed by atoms with Crippen LogP contribution in [0.25, 0.3) is 0 Å². The molecule has 1 fully saturated rings. The Morgan fingerprint density at radius 1 is 1.09 bits per heavy atom. The van der Waals surface area contributed by atoms with E-state index >= 15 is 0 Å². The SMILES string of the molecule is COc1cc2c(cc1OC)[C@H](c1ccc(F)cc1)N(C(=O)N[C@@H](CC(C)C)C(=O)NC1CC1)CC2. The monoisotopic (exact) mass is 483 g/mol. The molecule has 0 radical (unpaired) electrons. The predicted octanol–water partition coefficient (Wildman–Crippen LogP) is 4.19. The molecule has 1 saturated carbocycles. The number of ether oxygens (including phenoxy) is 2. The highest BCUT2D eigenvalue weighted by Gasteiger charge is 2.36. The number of fused-ring (bicyclic) bond motifs is 1. The van der Waals surface area contributed by atoms with E-state index in [0.717, 1.165) is 29.5 Å². The fourth-order valence-electron chi connectivity index (χ4n) is 4.63. The third kappa shape index (κ3) is 5.69. The van der Waals surface area contributed by atoms with E-state index in [9.17, 15) is 14.0 Å². The first-order valence-electron chi connectivity index (χ1n) is 12.2. The van der Waals surface area contributed by atoms with Crippen LogP contribution in [0, 0.1) is 11.7 Å². The maximum Gasteiger partial charge on any atom is 0.318 e. The number of nitrogens with zero attached hydrogens (tertiary/aromatic N) is 1. The summed E-state index contributed by atoms with van der Waals surface area (Å²) in [6.45, 7) is 4.50. The largest absolute Gasteiger partial charge is 0.493 e. The molecular weight excluding hydrogens is 449 g/mol. The first-order valence-corrected chi connectivity index (χ1v) is 12.2. The lowest BCUT2D eigenvalue weighted by Gasteiger charge is -2.39. The van der Waals surface area contributed by atoms with Gasteiger partial charge < -0.3 is 25.0 Å². The number of urea groups is 1. The molecule has 188 valence electrons. The topological polar surface area (TPSA) is 79.9 Å². The molecule has 1 aliphatic carbocycles. The number of benzene rings is 2. The van der Waals surface area contributed by atoms with Gasteiger partial charge in [0, 0.05) is 12.6 Å². The van der Waals surface area contributed by atoms with Crippen LogP contribution in [-0.2, 0) is 11.2 Å². The van der Waals surface area contributed by atoms with E-state index in [-0.39, 0.29) is 29.7 Å². The molecule has 4 rings (SSSR count). The molecule has 35 heavy (non-hydrogen) atoms. The van der Waals surface area contributed by atoms with E-state index in [4.69, 9.17) is 9.47 Å². The molecule has 0 unspecified atom stereocenters. The van der Waals surface area contributed by atoms with E-state index < -0.39 is 12.1 Å². The minimum Gasteiger partial charge on any atom is -0.493 e. The number of rotatable bonds is 8. The van der Waals surface area contributed by atoms with Gasteiger partial charge in [0.1, 0.15) is 11.9 Å². The Labute approximate surface area is 206 Å². The van der Waals surface area contributed by atoms with Gasteiger partial charge in [0.2, 0.25) is 5.91 Å². The maximum atomic E-state index is 13.7. The zero-order valence-corrected chi connectivity index (χ0v) is 20.8. The molecule has 1 aliphatic heterocycles. The summed E-state index contributed by atoms with van der Waals surface area (Å²) >= 11 is 0. The summed E-state index contributed by atoms with van der Waals surface area (Å²) in [6, 6.07) is 8.79. The quantitative estimate of drug-likeness (QED) is 0.590. The Hall–Kier alpha value is -3.29. The minimum atomic E-state index is -0.622. The molecular formula is C27H34FN3O4. The van der Waals surface area contributed by atoms with Crippen LogP contribution >= 0.6 is 0 Å². The standard InChI is InChI=1S/C27H34FN3O4/c1-16(2)13-22(26(32)29-20-9-10-20)30-27(33)31-12-11-18-14-23(34-3)24(35-4)15-21(18)25(31)17-5-7-19(28)8-6-17/h5-8,14-16,20,22,25H,9-13H2,1-4H3,(H,29,32)(H,30,33)/t22-,25-/m0/s1. The molecule has 0 aromatic heterocycles. The fourth-order valence-corrected chi connectivity index (χ4v) is 4.63. The van der Waals surface area contributed by atoms with Crippen molar-refractivity contribution >= 4 is 11.9 Å². The second kappa shape index (κ2) is 10.5. The van der Waals surface area contributed by atoms with Crippen LogP contribution in [0.15, 0.2) is 36.4 Å². The van der Waals surface area contributed by atoms with Crippen molar-refractivity contribution in [2.24, 2.45) is 5.92 Å². The molecule has 0 bridgehead atoms. The number of nitrogens with one attached hydrogen (secondary N) is 2. The van der Waals surface area contributed by atoms with Crippen molar-refractivity contribution in [1.29, 1.82) is 0 Å². The second-order valence-corrected chi connectivity index (χ2v) is 9.72. The van der Waals surface area contributed by atoms with Crippen LogP contribution in [0.1, 0.15) is 55.8 Å². The van der Waals surface area contributed by atoms with Crippen molar-refractivity contribution in [3.8, 4) is 11.5 Å². The van der Waals surface area contributed by atoms with E-state index in [1.54, 1.807) is 31.3 Å². The van der Waals surface area contributed by atoms with Crippen molar-refractivity contribution in [3.05, 3.63) is 58.9 Å². The summed E-state index contributed by atoms with van der Waals surface area (Å²) in [6.07, 6.45) is 3.12. The molecule has 2 aromatic carbocycles. The van der Waals surface area contributed by atoms with Crippen LogP contribution < -0.4 is 20.1 Å². The number of halogens is 1. The zero-order valence-electron chi connectivity index (χ0n) is 20.8. The van der Waals surface area contributed by atoms with Gasteiger partial charge in [-0.3, -0.25) is 4.79 Å². The molecule has 3 amide bonds. The first-order chi connectivity index (χ1) is 16.8. The van der Waals surface area contributed by atoms with E-state index in [1.807, 2.05) is 26.0 Å². The average Bonchev–Trinajstić information content (AvgIpc) is 3.66. The van der Waals surface area contributed by atoms with Gasteiger partial charge in [-0.1, -0.05) is 26.0 Å². The summed E-state index contributed by atoms with van der Waals surface area (Å²) in [5.74, 6) is 0.924. The van der Waals surface area contributed by atoms with Gasteiger partial charge in [0.25, 0.3) is 0 Å². The van der Waals surface area contributed by atoms with E-state index in [0.29, 0.717) is 30.9 Å².